The molecule has 0 aliphatic heterocycles. The molecule has 2 amide bonds. The predicted octanol–water partition coefficient (Wildman–Crippen LogP) is 2.77. The van der Waals surface area contributed by atoms with Crippen molar-refractivity contribution >= 4 is 11.8 Å². The number of rotatable bonds is 8. The highest BCUT2D eigenvalue weighted by molar-refractivity contribution is 5.97. The molecule has 0 fully saturated rings. The molecule has 6 heteroatoms. The van der Waals surface area contributed by atoms with Gasteiger partial charge in [0.2, 0.25) is 5.91 Å². The number of methoxy groups -OCH3 is 2. The van der Waals surface area contributed by atoms with E-state index in [1.165, 1.54) is 0 Å². The van der Waals surface area contributed by atoms with Crippen molar-refractivity contribution in [3.8, 4) is 11.5 Å². The highest BCUT2D eigenvalue weighted by Crippen LogP contribution is 2.17. The van der Waals surface area contributed by atoms with E-state index in [0.29, 0.717) is 23.6 Å². The summed E-state index contributed by atoms with van der Waals surface area (Å²) in [5.41, 5.74) is 1.34. The third-order valence-corrected chi connectivity index (χ3v) is 4.23. The Morgan fingerprint density at radius 3 is 2.22 bits per heavy atom. The van der Waals surface area contributed by atoms with Gasteiger partial charge < -0.3 is 20.1 Å². The molecule has 0 aliphatic carbocycles. The number of carbonyl (C=O) groups excluding carboxylic acids is 2. The van der Waals surface area contributed by atoms with E-state index in [0.717, 1.165) is 5.56 Å². The van der Waals surface area contributed by atoms with Gasteiger partial charge in [-0.05, 0) is 36.2 Å². The molecule has 0 aliphatic rings. The first kappa shape index (κ1) is 20.3. The lowest BCUT2D eigenvalue weighted by Gasteiger charge is -2.22. The van der Waals surface area contributed by atoms with Crippen molar-refractivity contribution in [3.63, 3.8) is 0 Å². The second-order valence-electron chi connectivity index (χ2n) is 6.45. The normalized spacial score (nSPS) is 11.6. The summed E-state index contributed by atoms with van der Waals surface area (Å²) in [6.45, 7) is 4.10. The van der Waals surface area contributed by atoms with Crippen molar-refractivity contribution in [2.75, 3.05) is 14.2 Å². The molecule has 0 bridgehead atoms. The van der Waals surface area contributed by atoms with Gasteiger partial charge in [-0.3, -0.25) is 9.59 Å². The van der Waals surface area contributed by atoms with Crippen LogP contribution in [-0.2, 0) is 11.3 Å². The van der Waals surface area contributed by atoms with E-state index in [1.54, 1.807) is 38.5 Å². The van der Waals surface area contributed by atoms with Gasteiger partial charge in [-0.25, -0.2) is 0 Å². The molecule has 0 aromatic heterocycles. The van der Waals surface area contributed by atoms with Crippen molar-refractivity contribution < 1.29 is 19.1 Å². The molecule has 2 aromatic carbocycles. The molecule has 0 heterocycles. The van der Waals surface area contributed by atoms with Crippen molar-refractivity contribution in [2.24, 2.45) is 5.92 Å². The quantitative estimate of drug-likeness (QED) is 0.749. The minimum atomic E-state index is -0.644. The van der Waals surface area contributed by atoms with Gasteiger partial charge in [0.1, 0.15) is 17.5 Å². The third-order valence-electron chi connectivity index (χ3n) is 4.23. The summed E-state index contributed by atoms with van der Waals surface area (Å²) in [5, 5.41) is 5.69. The number of benzene rings is 2. The second kappa shape index (κ2) is 9.62. The van der Waals surface area contributed by atoms with Gasteiger partial charge in [-0.2, -0.15) is 0 Å². The minimum Gasteiger partial charge on any atom is -0.497 e. The highest BCUT2D eigenvalue weighted by Gasteiger charge is 2.24. The van der Waals surface area contributed by atoms with E-state index < -0.39 is 6.04 Å². The minimum absolute atomic E-state index is 0.0649. The van der Waals surface area contributed by atoms with Gasteiger partial charge in [0.15, 0.2) is 0 Å². The zero-order valence-corrected chi connectivity index (χ0v) is 16.1. The number of hydrogen-bond donors (Lipinski definition) is 2. The van der Waals surface area contributed by atoms with E-state index in [9.17, 15) is 9.59 Å². The SMILES string of the molecule is COc1ccc(C(=O)N[C@@H](C(=O)NCc2ccccc2OC)C(C)C)cc1. The van der Waals surface area contributed by atoms with Gasteiger partial charge in [0, 0.05) is 17.7 Å². The lowest BCUT2D eigenvalue weighted by Crippen LogP contribution is -2.49. The Morgan fingerprint density at radius 2 is 1.63 bits per heavy atom. The molecule has 1 atom stereocenters. The summed E-state index contributed by atoms with van der Waals surface area (Å²) in [7, 11) is 3.16. The van der Waals surface area contributed by atoms with Crippen molar-refractivity contribution in [2.45, 2.75) is 26.4 Å². The van der Waals surface area contributed by atoms with Crippen LogP contribution in [0, 0.1) is 5.92 Å². The highest BCUT2D eigenvalue weighted by atomic mass is 16.5. The van der Waals surface area contributed by atoms with Crippen molar-refractivity contribution in [3.05, 3.63) is 59.7 Å². The Labute approximate surface area is 159 Å². The van der Waals surface area contributed by atoms with Crippen LogP contribution in [0.3, 0.4) is 0 Å². The lowest BCUT2D eigenvalue weighted by atomic mass is 10.0. The summed E-state index contributed by atoms with van der Waals surface area (Å²) in [4.78, 5) is 25.1. The van der Waals surface area contributed by atoms with Crippen LogP contribution in [0.25, 0.3) is 0 Å². The van der Waals surface area contributed by atoms with Crippen LogP contribution in [-0.4, -0.2) is 32.1 Å². The van der Waals surface area contributed by atoms with Crippen LogP contribution in [0.1, 0.15) is 29.8 Å². The first-order valence-electron chi connectivity index (χ1n) is 8.80. The zero-order chi connectivity index (χ0) is 19.8. The van der Waals surface area contributed by atoms with Gasteiger partial charge in [-0.15, -0.1) is 0 Å². The average Bonchev–Trinajstić information content (AvgIpc) is 2.70. The number of ether oxygens (including phenoxy) is 2. The summed E-state index contributed by atoms with van der Waals surface area (Å²) < 4.78 is 10.4. The number of para-hydroxylation sites is 1. The molecule has 0 spiro atoms. The average molecular weight is 370 g/mol. The van der Waals surface area contributed by atoms with Crippen molar-refractivity contribution in [1.82, 2.24) is 10.6 Å². The molecule has 2 N–H and O–H groups in total. The first-order valence-corrected chi connectivity index (χ1v) is 8.80. The van der Waals surface area contributed by atoms with Gasteiger partial charge in [-0.1, -0.05) is 32.0 Å². The van der Waals surface area contributed by atoms with E-state index in [2.05, 4.69) is 10.6 Å². The molecule has 144 valence electrons. The molecule has 2 aromatic rings. The van der Waals surface area contributed by atoms with Gasteiger partial charge in [0.05, 0.1) is 14.2 Å². The predicted molar refractivity (Wildman–Crippen MR) is 104 cm³/mol. The number of nitrogens with one attached hydrogen (secondary N) is 2. The molecule has 27 heavy (non-hydrogen) atoms. The fraction of sp³-hybridized carbons (Fsp3) is 0.333. The zero-order valence-electron chi connectivity index (χ0n) is 16.1. The summed E-state index contributed by atoms with van der Waals surface area (Å²) in [5.74, 6) is 0.772. The summed E-state index contributed by atoms with van der Waals surface area (Å²) in [6, 6.07) is 13.6. The van der Waals surface area contributed by atoms with Crippen molar-refractivity contribution in [1.29, 1.82) is 0 Å². The molecule has 0 unspecified atom stereocenters. The lowest BCUT2D eigenvalue weighted by molar-refractivity contribution is -0.124. The standard InChI is InChI=1S/C21H26N2O4/c1-14(2)19(23-20(24)15-9-11-17(26-3)12-10-15)21(25)22-13-16-7-5-6-8-18(16)27-4/h5-12,14,19H,13H2,1-4H3,(H,22,25)(H,23,24)/t19-/m1/s1. The van der Waals surface area contributed by atoms with E-state index in [1.807, 2.05) is 38.1 Å². The van der Waals surface area contributed by atoms with E-state index in [4.69, 9.17) is 9.47 Å². The summed E-state index contributed by atoms with van der Waals surface area (Å²) >= 11 is 0. The Kier molecular flexibility index (Phi) is 7.23. The monoisotopic (exact) mass is 370 g/mol. The number of amides is 2. The maximum atomic E-state index is 12.6. The third kappa shape index (κ3) is 5.48. The van der Waals surface area contributed by atoms with Gasteiger partial charge >= 0.3 is 0 Å². The molecular formula is C21H26N2O4. The maximum Gasteiger partial charge on any atom is 0.251 e. The fourth-order valence-corrected chi connectivity index (χ4v) is 2.64. The first-order chi connectivity index (χ1) is 13.0. The molecule has 0 radical (unpaired) electrons. The molecule has 0 saturated heterocycles. The number of carbonyl (C=O) groups is 2. The van der Waals surface area contributed by atoms with E-state index in [-0.39, 0.29) is 17.7 Å². The Balaban J connectivity index is 2.02. The van der Waals surface area contributed by atoms with Crippen LogP contribution in [0.15, 0.2) is 48.5 Å². The molecule has 6 nitrogen and oxygen atoms in total. The van der Waals surface area contributed by atoms with E-state index >= 15 is 0 Å². The molecule has 2 rings (SSSR count). The summed E-state index contributed by atoms with van der Waals surface area (Å²) in [6.07, 6.45) is 0. The topological polar surface area (TPSA) is 76.7 Å². The largest absolute Gasteiger partial charge is 0.497 e. The van der Waals surface area contributed by atoms with Crippen LogP contribution in [0.2, 0.25) is 0 Å². The van der Waals surface area contributed by atoms with Crippen LogP contribution in [0.5, 0.6) is 11.5 Å². The maximum absolute atomic E-state index is 12.6. The smallest absolute Gasteiger partial charge is 0.251 e. The molecular weight excluding hydrogens is 344 g/mol. The Bertz CT molecular complexity index is 772. The van der Waals surface area contributed by atoms with Crippen LogP contribution in [0.4, 0.5) is 0 Å². The van der Waals surface area contributed by atoms with Gasteiger partial charge in [0.25, 0.3) is 5.91 Å². The number of hydrogen-bond acceptors (Lipinski definition) is 4. The van der Waals surface area contributed by atoms with Crippen LogP contribution >= 0.6 is 0 Å². The van der Waals surface area contributed by atoms with Crippen LogP contribution < -0.4 is 20.1 Å². The second-order valence-corrected chi connectivity index (χ2v) is 6.45. The molecule has 0 saturated carbocycles. The Morgan fingerprint density at radius 1 is 0.963 bits per heavy atom. The fourth-order valence-electron chi connectivity index (χ4n) is 2.64. The Hall–Kier alpha value is -3.02.